The number of fused-ring (bicyclic) bond motifs is 1. The monoisotopic (exact) mass is 405 g/mol. The number of hydrogen-bond donors (Lipinski definition) is 3. The number of aliphatic hydroxyl groups is 2. The maximum Gasteiger partial charge on any atom is 0.280 e. The average Bonchev–Trinajstić information content (AvgIpc) is 3.23. The quantitative estimate of drug-likeness (QED) is 0.609. The summed E-state index contributed by atoms with van der Waals surface area (Å²) in [5.41, 5.74) is 2.93. The van der Waals surface area contributed by atoms with Gasteiger partial charge < -0.3 is 25.3 Å². The van der Waals surface area contributed by atoms with Crippen LogP contribution in [0.1, 0.15) is 44.2 Å². The Bertz CT molecular complexity index is 1050. The minimum Gasteiger partial charge on any atom is -0.387 e. The topological polar surface area (TPSA) is 119 Å². The van der Waals surface area contributed by atoms with Crippen LogP contribution in [0.15, 0.2) is 36.9 Å². The van der Waals surface area contributed by atoms with E-state index >= 15 is 0 Å². The number of ether oxygens (including phenoxy) is 1. The molecule has 4 N–H and O–H groups in total. The van der Waals surface area contributed by atoms with Gasteiger partial charge in [-0.05, 0) is 37.6 Å². The van der Waals surface area contributed by atoms with Gasteiger partial charge in [0.2, 0.25) is 0 Å². The fourth-order valence-electron chi connectivity index (χ4n) is 3.97. The zero-order chi connectivity index (χ0) is 21.0. The molecule has 1 saturated heterocycles. The van der Waals surface area contributed by atoms with Crippen LogP contribution >= 0.6 is 0 Å². The Morgan fingerprint density at radius 3 is 2.83 bits per heavy atom. The van der Waals surface area contributed by atoms with Crippen LogP contribution in [-0.4, -0.2) is 41.4 Å². The third-order valence-corrected chi connectivity index (χ3v) is 5.40. The van der Waals surface area contributed by atoms with Crippen molar-refractivity contribution in [2.45, 2.75) is 50.2 Å². The molecular weight excluding hydrogens is 384 g/mol. The fraction of sp³-hybridized carbons (Fsp3) is 0.421. The summed E-state index contributed by atoms with van der Waals surface area (Å²) in [4.78, 5) is 11.8. The first-order valence-corrected chi connectivity index (χ1v) is 9.03. The van der Waals surface area contributed by atoms with Crippen LogP contribution in [0.3, 0.4) is 0 Å². The maximum atomic E-state index is 13.0. The lowest BCUT2D eigenvalue weighted by Gasteiger charge is -2.36. The molecule has 10 heteroatoms. The summed E-state index contributed by atoms with van der Waals surface area (Å²) in [5.74, 6) is 0.318. The Labute approximate surface area is 165 Å². The molecule has 1 aliphatic heterocycles. The van der Waals surface area contributed by atoms with Crippen LogP contribution in [-0.2, 0) is 10.3 Å². The van der Waals surface area contributed by atoms with Gasteiger partial charge in [-0.2, -0.15) is 0 Å². The molecular formula is C19H21F2N5O3. The lowest BCUT2D eigenvalue weighted by atomic mass is 9.81. The molecule has 154 valence electrons. The van der Waals surface area contributed by atoms with Crippen molar-refractivity contribution in [3.05, 3.63) is 48.2 Å². The Morgan fingerprint density at radius 1 is 1.34 bits per heavy atom. The summed E-state index contributed by atoms with van der Waals surface area (Å²) < 4.78 is 33.8. The average molecular weight is 405 g/mol. The molecule has 1 aliphatic rings. The minimum absolute atomic E-state index is 0.147. The van der Waals surface area contributed by atoms with Crippen LogP contribution in [0.5, 0.6) is 0 Å². The highest BCUT2D eigenvalue weighted by Crippen LogP contribution is 2.45. The number of hydrogen-bond acceptors (Lipinski definition) is 7. The number of alkyl halides is 2. The zero-order valence-electron chi connectivity index (χ0n) is 15.8. The maximum absolute atomic E-state index is 13.0. The Morgan fingerprint density at radius 2 is 2.10 bits per heavy atom. The van der Waals surface area contributed by atoms with Crippen molar-refractivity contribution in [1.29, 1.82) is 0 Å². The summed E-state index contributed by atoms with van der Waals surface area (Å²) >= 11 is 0. The van der Waals surface area contributed by atoms with E-state index in [1.54, 1.807) is 16.8 Å². The highest BCUT2D eigenvalue weighted by molar-refractivity contribution is 5.86. The number of nitrogens with two attached hydrogens (primary N) is 1. The molecule has 8 nitrogen and oxygen atoms in total. The SMILES string of the molecule is C[C@]1(O)C[C@H](n2ccc3c(N)ncnc32)O[C@@H]1[C@](C)(O)c1ccnc(C(F)F)c1. The van der Waals surface area contributed by atoms with E-state index in [1.807, 2.05) is 0 Å². The van der Waals surface area contributed by atoms with Gasteiger partial charge in [-0.25, -0.2) is 18.7 Å². The van der Waals surface area contributed by atoms with E-state index in [1.165, 1.54) is 32.4 Å². The molecule has 0 saturated carbocycles. The van der Waals surface area contributed by atoms with Crippen molar-refractivity contribution in [2.75, 3.05) is 5.73 Å². The Balaban J connectivity index is 1.70. The second kappa shape index (κ2) is 6.68. The van der Waals surface area contributed by atoms with E-state index in [4.69, 9.17) is 10.5 Å². The van der Waals surface area contributed by atoms with Crippen molar-refractivity contribution >= 4 is 16.9 Å². The molecule has 0 aliphatic carbocycles. The molecule has 29 heavy (non-hydrogen) atoms. The van der Waals surface area contributed by atoms with E-state index in [9.17, 15) is 19.0 Å². The summed E-state index contributed by atoms with van der Waals surface area (Å²) in [6, 6.07) is 4.29. The Hall–Kier alpha value is -2.69. The molecule has 0 amide bonds. The predicted octanol–water partition coefficient (Wildman–Crippen LogP) is 2.29. The van der Waals surface area contributed by atoms with E-state index in [2.05, 4.69) is 15.0 Å². The van der Waals surface area contributed by atoms with Gasteiger partial charge in [0.25, 0.3) is 6.43 Å². The number of rotatable bonds is 4. The van der Waals surface area contributed by atoms with Crippen LogP contribution in [0.2, 0.25) is 0 Å². The van der Waals surface area contributed by atoms with Crippen LogP contribution in [0.4, 0.5) is 14.6 Å². The molecule has 0 bridgehead atoms. The van der Waals surface area contributed by atoms with Gasteiger partial charge in [-0.15, -0.1) is 0 Å². The lowest BCUT2D eigenvalue weighted by Crippen LogP contribution is -2.49. The fourth-order valence-corrected chi connectivity index (χ4v) is 3.97. The highest BCUT2D eigenvalue weighted by atomic mass is 19.3. The van der Waals surface area contributed by atoms with Gasteiger partial charge in [0.05, 0.1) is 11.0 Å². The second-order valence-corrected chi connectivity index (χ2v) is 7.67. The lowest BCUT2D eigenvalue weighted by molar-refractivity contribution is -0.159. The number of aromatic nitrogens is 4. The van der Waals surface area contributed by atoms with Gasteiger partial charge in [0.15, 0.2) is 0 Å². The number of anilines is 1. The summed E-state index contributed by atoms with van der Waals surface area (Å²) in [7, 11) is 0. The van der Waals surface area contributed by atoms with Crippen LogP contribution in [0.25, 0.3) is 11.0 Å². The number of nitrogens with zero attached hydrogens (tertiary/aromatic N) is 4. The van der Waals surface area contributed by atoms with Gasteiger partial charge in [0, 0.05) is 18.8 Å². The van der Waals surface area contributed by atoms with Crippen LogP contribution < -0.4 is 5.73 Å². The first-order valence-electron chi connectivity index (χ1n) is 9.03. The van der Waals surface area contributed by atoms with E-state index in [0.29, 0.717) is 16.9 Å². The second-order valence-electron chi connectivity index (χ2n) is 7.67. The van der Waals surface area contributed by atoms with Gasteiger partial charge in [-0.3, -0.25) is 4.98 Å². The first-order chi connectivity index (χ1) is 13.6. The molecule has 3 aromatic rings. The van der Waals surface area contributed by atoms with Crippen molar-refractivity contribution in [2.24, 2.45) is 0 Å². The first kappa shape index (κ1) is 19.6. The number of pyridine rings is 1. The molecule has 1 fully saturated rings. The largest absolute Gasteiger partial charge is 0.387 e. The molecule has 0 aromatic carbocycles. The Kier molecular flexibility index (Phi) is 4.52. The van der Waals surface area contributed by atoms with Crippen LogP contribution in [0, 0.1) is 0 Å². The van der Waals surface area contributed by atoms with Crippen molar-refractivity contribution in [3.8, 4) is 0 Å². The molecule has 4 atom stereocenters. The molecule has 0 radical (unpaired) electrons. The molecule has 0 unspecified atom stereocenters. The van der Waals surface area contributed by atoms with Gasteiger partial charge in [0.1, 0.15) is 41.4 Å². The third kappa shape index (κ3) is 3.22. The summed E-state index contributed by atoms with van der Waals surface area (Å²) in [6.45, 7) is 2.96. The highest BCUT2D eigenvalue weighted by Gasteiger charge is 2.54. The number of nitrogen functional groups attached to an aromatic ring is 1. The summed E-state index contributed by atoms with van der Waals surface area (Å²) in [5, 5.41) is 22.8. The van der Waals surface area contributed by atoms with E-state index in [0.717, 1.165) is 6.07 Å². The number of halogens is 2. The van der Waals surface area contributed by atoms with Crippen molar-refractivity contribution < 1.29 is 23.7 Å². The smallest absolute Gasteiger partial charge is 0.280 e. The van der Waals surface area contributed by atoms with E-state index < -0.39 is 35.7 Å². The van der Waals surface area contributed by atoms with Crippen molar-refractivity contribution in [1.82, 2.24) is 19.5 Å². The molecule has 0 spiro atoms. The zero-order valence-corrected chi connectivity index (χ0v) is 15.8. The normalized spacial score (nSPS) is 26.9. The predicted molar refractivity (Wildman–Crippen MR) is 99.9 cm³/mol. The van der Waals surface area contributed by atoms with Gasteiger partial charge >= 0.3 is 0 Å². The van der Waals surface area contributed by atoms with Crippen molar-refractivity contribution in [3.63, 3.8) is 0 Å². The minimum atomic E-state index is -2.78. The molecule has 4 rings (SSSR count). The third-order valence-electron chi connectivity index (χ3n) is 5.40. The van der Waals surface area contributed by atoms with Gasteiger partial charge in [-0.1, -0.05) is 0 Å². The standard InChI is InChI=1S/C19H21F2N5O3/c1-18(27)8-13(26-6-4-11-15(22)24-9-25-16(11)26)29-17(18)19(2,28)10-3-5-23-12(7-10)14(20)21/h3-7,9,13-14,17,27-28H,8H2,1-2H3,(H2,22,24,25)/t13-,17+,18+,19-/m1/s1. The summed E-state index contributed by atoms with van der Waals surface area (Å²) in [6.07, 6.45) is -0.124. The molecule has 4 heterocycles. The van der Waals surface area contributed by atoms with E-state index in [-0.39, 0.29) is 12.0 Å². The molecule has 3 aromatic heterocycles.